The lowest BCUT2D eigenvalue weighted by Gasteiger charge is -2.18. The van der Waals surface area contributed by atoms with Gasteiger partial charge in [0.2, 0.25) is 17.6 Å². The molecule has 8 heteroatoms. The van der Waals surface area contributed by atoms with Gasteiger partial charge in [0, 0.05) is 24.2 Å². The Morgan fingerprint density at radius 3 is 2.70 bits per heavy atom. The first-order valence-corrected chi connectivity index (χ1v) is 9.72. The van der Waals surface area contributed by atoms with Crippen molar-refractivity contribution in [1.82, 2.24) is 30.2 Å². The first kappa shape index (κ1) is 19.5. The van der Waals surface area contributed by atoms with E-state index in [4.69, 9.17) is 4.52 Å². The third kappa shape index (κ3) is 4.43. The summed E-state index contributed by atoms with van der Waals surface area (Å²) >= 11 is 0. The van der Waals surface area contributed by atoms with Gasteiger partial charge in [-0.15, -0.1) is 0 Å². The maximum atomic E-state index is 12.7. The van der Waals surface area contributed by atoms with Crippen LogP contribution in [0.1, 0.15) is 31.3 Å². The van der Waals surface area contributed by atoms with E-state index in [1.165, 1.54) is 0 Å². The lowest BCUT2D eigenvalue weighted by molar-refractivity contribution is -0.121. The maximum absolute atomic E-state index is 12.7. The molecule has 3 heterocycles. The normalized spacial score (nSPS) is 12.1. The fourth-order valence-corrected chi connectivity index (χ4v) is 3.07. The van der Waals surface area contributed by atoms with Crippen molar-refractivity contribution in [1.29, 1.82) is 0 Å². The topological polar surface area (TPSA) is 98.7 Å². The molecule has 0 aliphatic carbocycles. The zero-order valence-corrected chi connectivity index (χ0v) is 16.8. The van der Waals surface area contributed by atoms with E-state index in [0.717, 1.165) is 16.8 Å². The molecule has 152 valence electrons. The average molecular weight is 402 g/mol. The molecule has 0 saturated carbocycles. The van der Waals surface area contributed by atoms with Gasteiger partial charge in [0.05, 0.1) is 18.3 Å². The Balaban J connectivity index is 1.44. The molecule has 1 N–H and O–H groups in total. The molecule has 1 amide bonds. The number of para-hydroxylation sites is 1. The largest absolute Gasteiger partial charge is 0.344 e. The highest BCUT2D eigenvalue weighted by atomic mass is 16.5. The van der Waals surface area contributed by atoms with Crippen LogP contribution in [0.3, 0.4) is 0 Å². The molecule has 0 aliphatic rings. The molecule has 0 radical (unpaired) electrons. The summed E-state index contributed by atoms with van der Waals surface area (Å²) in [5.41, 5.74) is 2.52. The molecule has 30 heavy (non-hydrogen) atoms. The number of nitrogens with one attached hydrogen (secondary N) is 1. The zero-order valence-electron chi connectivity index (χ0n) is 16.8. The van der Waals surface area contributed by atoms with Crippen LogP contribution in [0.15, 0.2) is 71.8 Å². The van der Waals surface area contributed by atoms with Gasteiger partial charge < -0.3 is 9.84 Å². The first-order chi connectivity index (χ1) is 14.6. The fraction of sp³-hybridized carbons (Fsp3) is 0.227. The van der Waals surface area contributed by atoms with E-state index < -0.39 is 0 Å². The lowest BCUT2D eigenvalue weighted by atomic mass is 10.0. The summed E-state index contributed by atoms with van der Waals surface area (Å²) in [5, 5.41) is 11.4. The minimum absolute atomic E-state index is 0.0724. The molecule has 8 nitrogen and oxygen atoms in total. The number of hydrogen-bond donors (Lipinski definition) is 1. The van der Waals surface area contributed by atoms with Crippen LogP contribution >= 0.6 is 0 Å². The second-order valence-electron chi connectivity index (χ2n) is 7.29. The molecular weight excluding hydrogens is 380 g/mol. The van der Waals surface area contributed by atoms with Gasteiger partial charge in [-0.25, -0.2) is 4.68 Å². The van der Waals surface area contributed by atoms with Crippen LogP contribution < -0.4 is 5.32 Å². The number of amides is 1. The van der Waals surface area contributed by atoms with Crippen LogP contribution in [0.4, 0.5) is 0 Å². The monoisotopic (exact) mass is 402 g/mol. The molecule has 1 atom stereocenters. The Bertz CT molecular complexity index is 1100. The van der Waals surface area contributed by atoms with E-state index in [9.17, 15) is 4.79 Å². The van der Waals surface area contributed by atoms with E-state index in [-0.39, 0.29) is 24.3 Å². The van der Waals surface area contributed by atoms with Gasteiger partial charge in [0.25, 0.3) is 0 Å². The van der Waals surface area contributed by atoms with E-state index in [0.29, 0.717) is 11.7 Å². The molecule has 0 spiro atoms. The molecule has 3 aromatic heterocycles. The summed E-state index contributed by atoms with van der Waals surface area (Å²) in [5.74, 6) is 0.755. The average Bonchev–Trinajstić information content (AvgIpc) is 3.43. The molecule has 0 fully saturated rings. The predicted octanol–water partition coefficient (Wildman–Crippen LogP) is 3.37. The summed E-state index contributed by atoms with van der Waals surface area (Å²) in [6.45, 7) is 3.98. The van der Waals surface area contributed by atoms with Crippen LogP contribution in [-0.4, -0.2) is 30.8 Å². The van der Waals surface area contributed by atoms with Gasteiger partial charge in [-0.05, 0) is 35.7 Å². The third-order valence-corrected chi connectivity index (χ3v) is 4.63. The Morgan fingerprint density at radius 2 is 1.97 bits per heavy atom. The Kier molecular flexibility index (Phi) is 5.65. The summed E-state index contributed by atoms with van der Waals surface area (Å²) in [6, 6.07) is 13.0. The molecule has 1 aromatic carbocycles. The summed E-state index contributed by atoms with van der Waals surface area (Å²) in [4.78, 5) is 21.2. The van der Waals surface area contributed by atoms with Crippen molar-refractivity contribution in [2.45, 2.75) is 26.3 Å². The van der Waals surface area contributed by atoms with Crippen LogP contribution in [0.2, 0.25) is 0 Å². The Hall–Kier alpha value is -3.81. The quantitative estimate of drug-likeness (QED) is 0.509. The van der Waals surface area contributed by atoms with Crippen molar-refractivity contribution >= 4 is 5.91 Å². The number of pyridine rings is 1. The molecule has 0 saturated heterocycles. The lowest BCUT2D eigenvalue weighted by Crippen LogP contribution is -2.33. The van der Waals surface area contributed by atoms with Crippen molar-refractivity contribution in [2.75, 3.05) is 0 Å². The Labute approximate surface area is 174 Å². The van der Waals surface area contributed by atoms with Crippen molar-refractivity contribution in [3.63, 3.8) is 0 Å². The number of hydrogen-bond acceptors (Lipinski definition) is 6. The first-order valence-electron chi connectivity index (χ1n) is 9.72. The van der Waals surface area contributed by atoms with Gasteiger partial charge in [-0.3, -0.25) is 9.78 Å². The second-order valence-corrected chi connectivity index (χ2v) is 7.29. The number of carbonyl (C=O) groups excluding carboxylic acids is 1. The number of nitrogens with zero attached hydrogens (tertiary/aromatic N) is 5. The maximum Gasteiger partial charge on any atom is 0.249 e. The molecule has 1 unspecified atom stereocenters. The van der Waals surface area contributed by atoms with Gasteiger partial charge in [0.1, 0.15) is 6.04 Å². The van der Waals surface area contributed by atoms with E-state index >= 15 is 0 Å². The number of aromatic nitrogens is 5. The van der Waals surface area contributed by atoms with Gasteiger partial charge in [0.15, 0.2) is 0 Å². The smallest absolute Gasteiger partial charge is 0.249 e. The van der Waals surface area contributed by atoms with Crippen molar-refractivity contribution in [3.05, 3.63) is 78.7 Å². The molecule has 4 aromatic rings. The molecular formula is C22H22N6O2. The van der Waals surface area contributed by atoms with E-state index in [1.54, 1.807) is 23.3 Å². The molecule has 4 rings (SSSR count). The number of carbonyl (C=O) groups is 1. The van der Waals surface area contributed by atoms with Crippen LogP contribution in [-0.2, 0) is 11.2 Å². The highest BCUT2D eigenvalue weighted by molar-refractivity contribution is 5.78. The Morgan fingerprint density at radius 1 is 1.13 bits per heavy atom. The number of rotatable bonds is 7. The minimum atomic E-state index is -0.389. The van der Waals surface area contributed by atoms with Crippen LogP contribution in [0.25, 0.3) is 17.1 Å². The highest BCUT2D eigenvalue weighted by Crippen LogP contribution is 2.23. The minimum Gasteiger partial charge on any atom is -0.344 e. The van der Waals surface area contributed by atoms with E-state index in [1.807, 2.05) is 62.5 Å². The second kappa shape index (κ2) is 8.69. The highest BCUT2D eigenvalue weighted by Gasteiger charge is 2.25. The number of benzene rings is 1. The van der Waals surface area contributed by atoms with Crippen molar-refractivity contribution in [3.8, 4) is 17.1 Å². The summed E-state index contributed by atoms with van der Waals surface area (Å²) in [7, 11) is 0. The van der Waals surface area contributed by atoms with Gasteiger partial charge in [-0.1, -0.05) is 37.2 Å². The van der Waals surface area contributed by atoms with Crippen LogP contribution in [0.5, 0.6) is 0 Å². The third-order valence-electron chi connectivity index (χ3n) is 4.63. The van der Waals surface area contributed by atoms with Gasteiger partial charge in [-0.2, -0.15) is 10.1 Å². The summed E-state index contributed by atoms with van der Waals surface area (Å²) < 4.78 is 7.19. The molecule has 0 aliphatic heterocycles. The van der Waals surface area contributed by atoms with E-state index in [2.05, 4.69) is 25.5 Å². The van der Waals surface area contributed by atoms with Gasteiger partial charge >= 0.3 is 0 Å². The summed E-state index contributed by atoms with van der Waals surface area (Å²) in [6.07, 6.45) is 7.11. The fourth-order valence-electron chi connectivity index (χ4n) is 3.07. The zero-order chi connectivity index (χ0) is 20.9. The molecule has 0 bridgehead atoms. The van der Waals surface area contributed by atoms with Crippen molar-refractivity contribution < 1.29 is 9.32 Å². The standard InChI is InChI=1S/C22H22N6O2/c1-15(2)20(22-26-21(27-30-22)17-7-6-10-23-13-17)25-19(29)11-16-12-24-28(14-16)18-8-4-3-5-9-18/h3-10,12-15,20H,11H2,1-2H3,(H,25,29). The predicted molar refractivity (Wildman–Crippen MR) is 111 cm³/mol. The SMILES string of the molecule is CC(C)C(NC(=O)Cc1cnn(-c2ccccc2)c1)c1nc(-c2cccnc2)no1. The van der Waals surface area contributed by atoms with Crippen LogP contribution in [0, 0.1) is 5.92 Å². The van der Waals surface area contributed by atoms with Crippen molar-refractivity contribution in [2.24, 2.45) is 5.92 Å².